The van der Waals surface area contributed by atoms with Gasteiger partial charge in [0.15, 0.2) is 0 Å². The van der Waals surface area contributed by atoms with Crippen molar-refractivity contribution in [2.45, 2.75) is 43.2 Å². The summed E-state index contributed by atoms with van der Waals surface area (Å²) in [4.78, 5) is 15.7. The minimum atomic E-state index is -0.999. The Kier molecular flexibility index (Phi) is 3.97. The summed E-state index contributed by atoms with van der Waals surface area (Å²) in [5.74, 6) is 0.140. The van der Waals surface area contributed by atoms with E-state index in [-0.39, 0.29) is 16.7 Å². The second-order valence-electron chi connectivity index (χ2n) is 4.47. The maximum Gasteiger partial charge on any atom is 0.220 e. The summed E-state index contributed by atoms with van der Waals surface area (Å²) in [6, 6.07) is -0.501. The molecule has 0 aromatic heterocycles. The van der Waals surface area contributed by atoms with E-state index in [4.69, 9.17) is 0 Å². The van der Waals surface area contributed by atoms with Crippen molar-refractivity contribution in [2.75, 3.05) is 0 Å². The molecule has 0 spiro atoms. The van der Waals surface area contributed by atoms with E-state index in [1.165, 1.54) is 0 Å². The maximum atomic E-state index is 13.9. The average molecular weight is 303 g/mol. The monoisotopic (exact) mass is 302 g/mol. The van der Waals surface area contributed by atoms with Crippen LogP contribution in [-0.4, -0.2) is 29.2 Å². The third kappa shape index (κ3) is 2.59. The van der Waals surface area contributed by atoms with Gasteiger partial charge in [-0.15, -0.1) is 0 Å². The first-order valence-corrected chi connectivity index (χ1v) is 6.85. The summed E-state index contributed by atoms with van der Waals surface area (Å²) in [7, 11) is 0. The number of nitrogens with zero attached hydrogens (tertiary/aromatic N) is 1. The minimum absolute atomic E-state index is 0.111. The lowest BCUT2D eigenvalue weighted by atomic mass is 9.77. The molecular weight excluding hydrogens is 287 g/mol. The number of rotatable bonds is 2. The zero-order valence-electron chi connectivity index (χ0n) is 9.70. The van der Waals surface area contributed by atoms with Crippen LogP contribution in [-0.2, 0) is 4.79 Å². The Hall–Kier alpha value is -0.710. The Morgan fingerprint density at radius 1 is 1.65 bits per heavy atom. The summed E-state index contributed by atoms with van der Waals surface area (Å²) in [6.07, 6.45) is 4.20. The highest BCUT2D eigenvalue weighted by atomic mass is 79.9. The van der Waals surface area contributed by atoms with Gasteiger partial charge in [0.25, 0.3) is 0 Å². The Balaban J connectivity index is 2.19. The van der Waals surface area contributed by atoms with Gasteiger partial charge in [0.1, 0.15) is 6.17 Å². The molecular formula is C12H16BrFN2O. The number of nitrogens with one attached hydrogen (secondary N) is 1. The summed E-state index contributed by atoms with van der Waals surface area (Å²) in [5.41, 5.74) is 0.912. The number of amides is 1. The second-order valence-corrected chi connectivity index (χ2v) is 5.53. The Labute approximate surface area is 109 Å². The first-order chi connectivity index (χ1) is 8.13. The van der Waals surface area contributed by atoms with Crippen molar-refractivity contribution < 1.29 is 9.18 Å². The maximum absolute atomic E-state index is 13.9. The first-order valence-electron chi connectivity index (χ1n) is 5.94. The molecule has 0 aromatic rings. The van der Waals surface area contributed by atoms with Gasteiger partial charge in [-0.2, -0.15) is 0 Å². The molecule has 1 aliphatic carbocycles. The molecule has 0 radical (unpaired) electrons. The van der Waals surface area contributed by atoms with Crippen molar-refractivity contribution in [1.82, 2.24) is 5.32 Å². The van der Waals surface area contributed by atoms with Crippen molar-refractivity contribution in [1.29, 1.82) is 0 Å². The molecule has 1 amide bonds. The van der Waals surface area contributed by atoms with Gasteiger partial charge in [-0.3, -0.25) is 9.79 Å². The number of carbonyl (C=O) groups is 1. The van der Waals surface area contributed by atoms with Gasteiger partial charge >= 0.3 is 0 Å². The van der Waals surface area contributed by atoms with Crippen LogP contribution in [0.5, 0.6) is 0 Å². The molecule has 0 saturated heterocycles. The molecule has 1 N–H and O–H groups in total. The molecule has 1 fully saturated rings. The van der Waals surface area contributed by atoms with Gasteiger partial charge in [0.2, 0.25) is 5.91 Å². The van der Waals surface area contributed by atoms with Crippen LogP contribution in [0, 0.1) is 5.92 Å². The molecule has 0 aromatic carbocycles. The molecule has 17 heavy (non-hydrogen) atoms. The fourth-order valence-corrected chi connectivity index (χ4v) is 3.10. The molecule has 3 nitrogen and oxygen atoms in total. The largest absolute Gasteiger partial charge is 0.347 e. The van der Waals surface area contributed by atoms with Gasteiger partial charge in [0.05, 0.1) is 10.9 Å². The molecule has 94 valence electrons. The number of fused-ring (bicyclic) bond motifs is 1. The van der Waals surface area contributed by atoms with Gasteiger partial charge in [-0.1, -0.05) is 22.9 Å². The molecule has 5 heteroatoms. The SMILES string of the molecule is CCC(=O)NC1C2=CN=CC(Br)C2CC[C@H]1F. The molecule has 2 rings (SSSR count). The predicted octanol–water partition coefficient (Wildman–Crippen LogP) is 2.36. The average Bonchev–Trinajstić information content (AvgIpc) is 2.33. The van der Waals surface area contributed by atoms with Gasteiger partial charge in [-0.25, -0.2) is 4.39 Å². The third-order valence-corrected chi connectivity index (χ3v) is 4.25. The standard InChI is InChI=1S/C12H16BrFN2O/c1-2-11(17)16-12-8-5-15-6-9(13)7(8)3-4-10(12)14/h5-7,9-10,12H,2-4H2,1H3,(H,16,17)/t7?,9?,10-,12?/m1/s1. The van der Waals surface area contributed by atoms with Crippen LogP contribution in [0.15, 0.2) is 16.8 Å². The molecule has 0 bridgehead atoms. The molecule has 3 unspecified atom stereocenters. The normalized spacial score (nSPS) is 36.1. The van der Waals surface area contributed by atoms with Crippen molar-refractivity contribution in [3.05, 3.63) is 11.8 Å². The minimum Gasteiger partial charge on any atom is -0.347 e. The number of hydrogen-bond donors (Lipinski definition) is 1. The molecule has 2 aliphatic rings. The number of alkyl halides is 2. The lowest BCUT2D eigenvalue weighted by Gasteiger charge is -2.37. The van der Waals surface area contributed by atoms with Crippen LogP contribution < -0.4 is 5.32 Å². The van der Waals surface area contributed by atoms with E-state index in [1.807, 2.05) is 6.21 Å². The van der Waals surface area contributed by atoms with Gasteiger partial charge in [0, 0.05) is 24.8 Å². The zero-order valence-corrected chi connectivity index (χ0v) is 11.3. The number of aliphatic imine (C=N–C) groups is 1. The number of carbonyl (C=O) groups excluding carboxylic acids is 1. The van der Waals surface area contributed by atoms with Crippen LogP contribution in [0.1, 0.15) is 26.2 Å². The van der Waals surface area contributed by atoms with Crippen LogP contribution >= 0.6 is 15.9 Å². The summed E-state index contributed by atoms with van der Waals surface area (Å²) in [5, 5.41) is 2.76. The molecule has 1 saturated carbocycles. The molecule has 1 heterocycles. The highest BCUT2D eigenvalue weighted by molar-refractivity contribution is 9.10. The van der Waals surface area contributed by atoms with E-state index in [0.29, 0.717) is 12.8 Å². The highest BCUT2D eigenvalue weighted by Gasteiger charge is 2.39. The summed E-state index contributed by atoms with van der Waals surface area (Å²) >= 11 is 3.54. The van der Waals surface area contributed by atoms with E-state index < -0.39 is 12.2 Å². The van der Waals surface area contributed by atoms with Gasteiger partial charge < -0.3 is 5.32 Å². The van der Waals surface area contributed by atoms with E-state index >= 15 is 0 Å². The Bertz CT molecular complexity index is 370. The van der Waals surface area contributed by atoms with E-state index in [1.54, 1.807) is 13.1 Å². The topological polar surface area (TPSA) is 41.5 Å². The predicted molar refractivity (Wildman–Crippen MR) is 69.1 cm³/mol. The number of hydrogen-bond acceptors (Lipinski definition) is 2. The fraction of sp³-hybridized carbons (Fsp3) is 0.667. The Morgan fingerprint density at radius 2 is 2.41 bits per heavy atom. The lowest BCUT2D eigenvalue weighted by molar-refractivity contribution is -0.121. The molecule has 1 aliphatic heterocycles. The third-order valence-electron chi connectivity index (χ3n) is 3.38. The van der Waals surface area contributed by atoms with E-state index in [2.05, 4.69) is 26.2 Å². The highest BCUT2D eigenvalue weighted by Crippen LogP contribution is 2.37. The van der Waals surface area contributed by atoms with Crippen molar-refractivity contribution in [3.63, 3.8) is 0 Å². The van der Waals surface area contributed by atoms with E-state index in [9.17, 15) is 9.18 Å². The fourth-order valence-electron chi connectivity index (χ4n) is 2.40. The van der Waals surface area contributed by atoms with Crippen LogP contribution in [0.3, 0.4) is 0 Å². The quantitative estimate of drug-likeness (QED) is 0.782. The van der Waals surface area contributed by atoms with Crippen molar-refractivity contribution >= 4 is 28.1 Å². The summed E-state index contributed by atoms with van der Waals surface area (Å²) < 4.78 is 13.9. The summed E-state index contributed by atoms with van der Waals surface area (Å²) in [6.45, 7) is 1.77. The molecule has 4 atom stereocenters. The second kappa shape index (κ2) is 5.29. The lowest BCUT2D eigenvalue weighted by Crippen LogP contribution is -2.49. The van der Waals surface area contributed by atoms with Crippen molar-refractivity contribution in [3.8, 4) is 0 Å². The Morgan fingerprint density at radius 3 is 3.12 bits per heavy atom. The first kappa shape index (κ1) is 12.7. The van der Waals surface area contributed by atoms with Crippen LogP contribution in [0.4, 0.5) is 4.39 Å². The van der Waals surface area contributed by atoms with Crippen molar-refractivity contribution in [2.24, 2.45) is 10.9 Å². The zero-order chi connectivity index (χ0) is 12.4. The van der Waals surface area contributed by atoms with Gasteiger partial charge in [-0.05, 0) is 18.4 Å². The van der Waals surface area contributed by atoms with E-state index in [0.717, 1.165) is 12.0 Å². The van der Waals surface area contributed by atoms with Crippen LogP contribution in [0.25, 0.3) is 0 Å². The number of halogens is 2. The van der Waals surface area contributed by atoms with Crippen LogP contribution in [0.2, 0.25) is 0 Å². The smallest absolute Gasteiger partial charge is 0.220 e.